The number of carbonyl (C=O) groups is 4. The summed E-state index contributed by atoms with van der Waals surface area (Å²) in [5, 5.41) is 3.19. The van der Waals surface area contributed by atoms with Crippen LogP contribution in [0, 0.1) is 6.92 Å². The van der Waals surface area contributed by atoms with Crippen LogP contribution in [0.4, 0.5) is 0 Å². The van der Waals surface area contributed by atoms with Gasteiger partial charge in [-0.3, -0.25) is 19.2 Å². The highest BCUT2D eigenvalue weighted by Gasteiger charge is 2.31. The van der Waals surface area contributed by atoms with Crippen LogP contribution >= 0.6 is 0 Å². The highest BCUT2D eigenvalue weighted by molar-refractivity contribution is 6.32. The van der Waals surface area contributed by atoms with Crippen molar-refractivity contribution < 1.29 is 28.7 Å². The lowest BCUT2D eigenvalue weighted by Crippen LogP contribution is -2.48. The number of ketones is 1. The predicted octanol–water partition coefficient (Wildman–Crippen LogP) is 1.82. The summed E-state index contributed by atoms with van der Waals surface area (Å²) >= 11 is 0. The van der Waals surface area contributed by atoms with Crippen molar-refractivity contribution >= 4 is 34.5 Å². The fourth-order valence-electron chi connectivity index (χ4n) is 4.93. The van der Waals surface area contributed by atoms with Gasteiger partial charge in [0.15, 0.2) is 17.2 Å². The molecule has 0 bridgehead atoms. The van der Waals surface area contributed by atoms with E-state index in [1.54, 1.807) is 55.8 Å². The monoisotopic (exact) mass is 536 g/mol. The Kier molecular flexibility index (Phi) is 8.18. The van der Waals surface area contributed by atoms with E-state index in [4.69, 9.17) is 9.47 Å². The van der Waals surface area contributed by atoms with Gasteiger partial charge in [0.1, 0.15) is 5.39 Å². The molecule has 2 amide bonds. The van der Waals surface area contributed by atoms with Gasteiger partial charge in [0.2, 0.25) is 0 Å². The summed E-state index contributed by atoms with van der Waals surface area (Å²) in [6.07, 6.45) is 0.910. The topological polar surface area (TPSA) is 129 Å². The number of benzene rings is 1. The number of ether oxygens (including phenoxy) is 2. The third kappa shape index (κ3) is 5.43. The van der Waals surface area contributed by atoms with Crippen LogP contribution in [0.3, 0.4) is 0 Å². The number of aromatic nitrogens is 2. The average molecular weight is 537 g/mol. The van der Waals surface area contributed by atoms with E-state index in [0.29, 0.717) is 42.7 Å². The fourth-order valence-corrected chi connectivity index (χ4v) is 4.93. The molecule has 0 spiro atoms. The number of pyridine rings is 1. The Hall–Kier alpha value is -4.41. The Morgan fingerprint density at radius 1 is 1.08 bits per heavy atom. The van der Waals surface area contributed by atoms with Crippen molar-refractivity contribution in [1.29, 1.82) is 0 Å². The van der Waals surface area contributed by atoms with E-state index >= 15 is 0 Å². The first-order valence-corrected chi connectivity index (χ1v) is 12.8. The molecule has 0 saturated carbocycles. The lowest BCUT2D eigenvalue weighted by Gasteiger charge is -2.31. The molecule has 1 aromatic carbocycles. The van der Waals surface area contributed by atoms with Gasteiger partial charge in [-0.2, -0.15) is 0 Å². The lowest BCUT2D eigenvalue weighted by atomic mass is 10.0. The molecule has 0 atom stereocenters. The Labute approximate surface area is 225 Å². The van der Waals surface area contributed by atoms with Crippen LogP contribution < -0.4 is 15.6 Å². The normalized spacial score (nSPS) is 13.8. The molecule has 1 aliphatic heterocycles. The summed E-state index contributed by atoms with van der Waals surface area (Å²) in [6, 6.07) is 10.3. The van der Waals surface area contributed by atoms with Crippen LogP contribution in [0.5, 0.6) is 5.75 Å². The van der Waals surface area contributed by atoms with Crippen LogP contribution in [0.15, 0.2) is 41.2 Å². The minimum atomic E-state index is -0.883. The Bertz CT molecular complexity index is 1480. The number of methoxy groups -OCH3 is 1. The fraction of sp³-hybridized carbons (Fsp3) is 0.393. The number of hydrogen-bond acceptors (Lipinski definition) is 7. The number of piperidine rings is 1. The van der Waals surface area contributed by atoms with Crippen LogP contribution in [0.2, 0.25) is 0 Å². The zero-order chi connectivity index (χ0) is 28.3. The van der Waals surface area contributed by atoms with E-state index in [2.05, 4.69) is 5.32 Å². The predicted molar refractivity (Wildman–Crippen MR) is 143 cm³/mol. The smallest absolute Gasteiger partial charge is 0.397 e. The molecule has 3 heterocycles. The number of aryl methyl sites for hydroxylation is 2. The molecule has 3 aromatic rings. The molecule has 2 aromatic heterocycles. The summed E-state index contributed by atoms with van der Waals surface area (Å²) in [5.74, 6) is -2.07. The Morgan fingerprint density at radius 3 is 2.36 bits per heavy atom. The summed E-state index contributed by atoms with van der Waals surface area (Å²) < 4.78 is 13.3. The first kappa shape index (κ1) is 27.6. The Morgan fingerprint density at radius 2 is 1.74 bits per heavy atom. The van der Waals surface area contributed by atoms with E-state index in [-0.39, 0.29) is 41.8 Å². The number of Topliss-reactive ketones (excluding diaryl/α,β-unsaturated/α-hetero) is 1. The van der Waals surface area contributed by atoms with Gasteiger partial charge in [-0.15, -0.1) is 0 Å². The molecular weight excluding hydrogens is 504 g/mol. The van der Waals surface area contributed by atoms with E-state index in [1.807, 2.05) is 6.07 Å². The van der Waals surface area contributed by atoms with Crippen LogP contribution in [-0.4, -0.2) is 70.4 Å². The third-order valence-corrected chi connectivity index (χ3v) is 7.01. The standard InChI is InChI=1S/C28H32N4O7/c1-5-39-28(37)27(36)31-13-11-19(12-14-31)29-25(34)23-24(38-4)22-20(30(23)3)15-17(2)32(26(22)35)16-21(33)18-9-7-6-8-10-18/h6-10,15,19H,5,11-14,16H2,1-4H3,(H,29,34). The molecule has 11 nitrogen and oxygen atoms in total. The number of esters is 1. The summed E-state index contributed by atoms with van der Waals surface area (Å²) in [6.45, 7) is 3.95. The van der Waals surface area contributed by atoms with Gasteiger partial charge in [0.05, 0.1) is 25.8 Å². The van der Waals surface area contributed by atoms with Gasteiger partial charge < -0.3 is 28.8 Å². The molecule has 1 fully saturated rings. The molecule has 1 N–H and O–H groups in total. The summed E-state index contributed by atoms with van der Waals surface area (Å²) in [5.41, 5.74) is 1.34. The van der Waals surface area contributed by atoms with Gasteiger partial charge in [-0.1, -0.05) is 30.3 Å². The van der Waals surface area contributed by atoms with E-state index in [9.17, 15) is 24.0 Å². The zero-order valence-corrected chi connectivity index (χ0v) is 22.5. The van der Waals surface area contributed by atoms with Crippen molar-refractivity contribution in [2.24, 2.45) is 7.05 Å². The van der Waals surface area contributed by atoms with Crippen molar-refractivity contribution in [3.8, 4) is 5.75 Å². The summed E-state index contributed by atoms with van der Waals surface area (Å²) in [7, 11) is 3.07. The van der Waals surface area contributed by atoms with Gasteiger partial charge >= 0.3 is 11.9 Å². The number of likely N-dealkylation sites (tertiary alicyclic amines) is 1. The second kappa shape index (κ2) is 11.5. The van der Waals surface area contributed by atoms with E-state index in [1.165, 1.54) is 16.6 Å². The van der Waals surface area contributed by atoms with Gasteiger partial charge in [0, 0.05) is 37.4 Å². The second-order valence-electron chi connectivity index (χ2n) is 9.43. The van der Waals surface area contributed by atoms with Gasteiger partial charge in [0.25, 0.3) is 11.5 Å². The maximum atomic E-state index is 13.6. The van der Waals surface area contributed by atoms with E-state index < -0.39 is 23.3 Å². The number of nitrogens with zero attached hydrogens (tertiary/aromatic N) is 3. The van der Waals surface area contributed by atoms with E-state index in [0.717, 1.165) is 0 Å². The average Bonchev–Trinajstić information content (AvgIpc) is 3.22. The van der Waals surface area contributed by atoms with Crippen molar-refractivity contribution in [3.05, 3.63) is 63.7 Å². The molecule has 11 heteroatoms. The number of nitrogens with one attached hydrogen (secondary N) is 1. The largest absolute Gasteiger partial charge is 0.493 e. The molecular formula is C28H32N4O7. The van der Waals surface area contributed by atoms with Crippen molar-refractivity contribution in [3.63, 3.8) is 0 Å². The highest BCUT2D eigenvalue weighted by atomic mass is 16.5. The molecule has 0 unspecified atom stereocenters. The summed E-state index contributed by atoms with van der Waals surface area (Å²) in [4.78, 5) is 65.2. The van der Waals surface area contributed by atoms with Crippen LogP contribution in [-0.2, 0) is 27.9 Å². The van der Waals surface area contributed by atoms with Crippen LogP contribution in [0.1, 0.15) is 46.3 Å². The maximum Gasteiger partial charge on any atom is 0.397 e. The SMILES string of the molecule is CCOC(=O)C(=O)N1CCC(NC(=O)c2c(OC)c3c(=O)n(CC(=O)c4ccccc4)c(C)cc3n2C)CC1. The number of hydrogen-bond donors (Lipinski definition) is 1. The second-order valence-corrected chi connectivity index (χ2v) is 9.43. The number of fused-ring (bicyclic) bond motifs is 1. The lowest BCUT2D eigenvalue weighted by molar-refractivity contribution is -0.160. The highest BCUT2D eigenvalue weighted by Crippen LogP contribution is 2.31. The first-order chi connectivity index (χ1) is 18.7. The minimum absolute atomic E-state index is 0.123. The first-order valence-electron chi connectivity index (χ1n) is 12.8. The molecule has 0 aliphatic carbocycles. The number of rotatable bonds is 7. The van der Waals surface area contributed by atoms with Gasteiger partial charge in [-0.25, -0.2) is 4.79 Å². The van der Waals surface area contributed by atoms with Crippen LogP contribution in [0.25, 0.3) is 10.9 Å². The number of amides is 2. The number of carbonyl (C=O) groups excluding carboxylic acids is 4. The molecule has 0 radical (unpaired) electrons. The van der Waals surface area contributed by atoms with Crippen molar-refractivity contribution in [1.82, 2.24) is 19.4 Å². The molecule has 4 rings (SSSR count). The molecule has 1 saturated heterocycles. The molecule has 206 valence electrons. The van der Waals surface area contributed by atoms with Crippen molar-refractivity contribution in [2.45, 2.75) is 39.3 Å². The Balaban J connectivity index is 1.57. The van der Waals surface area contributed by atoms with Gasteiger partial charge in [-0.05, 0) is 32.8 Å². The zero-order valence-electron chi connectivity index (χ0n) is 22.5. The third-order valence-electron chi connectivity index (χ3n) is 7.01. The van der Waals surface area contributed by atoms with Crippen molar-refractivity contribution in [2.75, 3.05) is 26.8 Å². The quantitative estimate of drug-likeness (QED) is 0.277. The minimum Gasteiger partial charge on any atom is -0.493 e. The maximum absolute atomic E-state index is 13.6. The molecule has 39 heavy (non-hydrogen) atoms. The molecule has 1 aliphatic rings.